The van der Waals surface area contributed by atoms with Crippen LogP contribution in [0, 0.1) is 0 Å². The molecule has 2 heterocycles. The highest BCUT2D eigenvalue weighted by atomic mass is 19.4. The van der Waals surface area contributed by atoms with E-state index in [9.17, 15) is 18.3 Å². The molecule has 4 nitrogen and oxygen atoms in total. The van der Waals surface area contributed by atoms with E-state index in [1.54, 1.807) is 18.3 Å². The quantitative estimate of drug-likeness (QED) is 0.921. The maximum Gasteiger partial charge on any atom is 0.419 e. The molecule has 0 saturated heterocycles. The molecule has 2 aromatic rings. The molecule has 122 valence electrons. The Morgan fingerprint density at radius 3 is 2.78 bits per heavy atom. The van der Waals surface area contributed by atoms with Gasteiger partial charge in [-0.05, 0) is 29.8 Å². The van der Waals surface area contributed by atoms with Crippen LogP contribution in [0.4, 0.5) is 13.2 Å². The van der Waals surface area contributed by atoms with Gasteiger partial charge in [0.1, 0.15) is 23.7 Å². The van der Waals surface area contributed by atoms with Crippen LogP contribution in [0.1, 0.15) is 22.9 Å². The molecule has 0 fully saturated rings. The van der Waals surface area contributed by atoms with Crippen LogP contribution in [0.15, 0.2) is 36.5 Å². The number of aliphatic hydroxyl groups excluding tert-OH is 1. The summed E-state index contributed by atoms with van der Waals surface area (Å²) in [7, 11) is 1.18. The number of aromatic nitrogens is 1. The number of halogens is 3. The zero-order chi connectivity index (χ0) is 16.6. The topological polar surface area (TPSA) is 51.6 Å². The van der Waals surface area contributed by atoms with Gasteiger partial charge >= 0.3 is 6.18 Å². The summed E-state index contributed by atoms with van der Waals surface area (Å²) in [6.07, 6.45) is -4.63. The van der Waals surface area contributed by atoms with E-state index in [2.05, 4.69) is 4.98 Å². The van der Waals surface area contributed by atoms with E-state index in [-0.39, 0.29) is 17.7 Å². The lowest BCUT2D eigenvalue weighted by molar-refractivity contribution is -0.138. The molecule has 0 aliphatic carbocycles. The van der Waals surface area contributed by atoms with Crippen molar-refractivity contribution in [2.75, 3.05) is 7.11 Å². The van der Waals surface area contributed by atoms with E-state index >= 15 is 0 Å². The van der Waals surface area contributed by atoms with Gasteiger partial charge in [-0.1, -0.05) is 6.07 Å². The molecule has 1 N–H and O–H groups in total. The number of ether oxygens (including phenoxy) is 2. The Balaban J connectivity index is 1.99. The van der Waals surface area contributed by atoms with Crippen LogP contribution < -0.4 is 9.47 Å². The highest BCUT2D eigenvalue weighted by molar-refractivity contribution is 5.41. The zero-order valence-corrected chi connectivity index (χ0v) is 12.2. The summed E-state index contributed by atoms with van der Waals surface area (Å²) >= 11 is 0. The van der Waals surface area contributed by atoms with Gasteiger partial charge in [0, 0.05) is 12.6 Å². The number of alkyl halides is 3. The Bertz CT molecular complexity index is 718. The first-order valence-electron chi connectivity index (χ1n) is 6.94. The van der Waals surface area contributed by atoms with Gasteiger partial charge in [-0.2, -0.15) is 13.2 Å². The molecule has 2 unspecified atom stereocenters. The Labute approximate surface area is 130 Å². The van der Waals surface area contributed by atoms with Crippen LogP contribution in [-0.2, 0) is 12.6 Å². The minimum atomic E-state index is -4.56. The van der Waals surface area contributed by atoms with Crippen LogP contribution in [0.25, 0.3) is 0 Å². The van der Waals surface area contributed by atoms with Crippen molar-refractivity contribution < 1.29 is 27.8 Å². The summed E-state index contributed by atoms with van der Waals surface area (Å²) in [5, 5.41) is 10.2. The molecule has 1 aromatic carbocycles. The second kappa shape index (κ2) is 5.73. The maximum atomic E-state index is 13.1. The number of benzene rings is 1. The number of fused-ring (bicyclic) bond motifs is 1. The van der Waals surface area contributed by atoms with Crippen molar-refractivity contribution in [2.45, 2.75) is 24.8 Å². The van der Waals surface area contributed by atoms with Crippen molar-refractivity contribution >= 4 is 0 Å². The third kappa shape index (κ3) is 2.96. The predicted octanol–water partition coefficient (Wildman–Crippen LogP) is 3.15. The second-order valence-electron chi connectivity index (χ2n) is 5.22. The highest BCUT2D eigenvalue weighted by Gasteiger charge is 2.37. The molecule has 0 spiro atoms. The number of methoxy groups -OCH3 is 1. The fraction of sp³-hybridized carbons (Fsp3) is 0.312. The Hall–Kier alpha value is -2.28. The van der Waals surface area contributed by atoms with E-state index in [0.29, 0.717) is 11.4 Å². The number of rotatable bonds is 2. The summed E-state index contributed by atoms with van der Waals surface area (Å²) in [6, 6.07) is 6.99. The third-order valence-corrected chi connectivity index (χ3v) is 3.71. The van der Waals surface area contributed by atoms with Crippen molar-refractivity contribution in [1.82, 2.24) is 4.98 Å². The van der Waals surface area contributed by atoms with Crippen LogP contribution >= 0.6 is 0 Å². The van der Waals surface area contributed by atoms with Gasteiger partial charge in [0.15, 0.2) is 0 Å². The Morgan fingerprint density at radius 1 is 1.30 bits per heavy atom. The first-order chi connectivity index (χ1) is 10.9. The normalized spacial score (nSPS) is 20.6. The highest BCUT2D eigenvalue weighted by Crippen LogP contribution is 2.40. The van der Waals surface area contributed by atoms with Gasteiger partial charge in [-0.3, -0.25) is 4.98 Å². The van der Waals surface area contributed by atoms with Crippen molar-refractivity contribution in [3.63, 3.8) is 0 Å². The SMILES string of the molecule is COc1ccc(C2Oc3cccnc3CC2O)cc1C(F)(F)F. The number of nitrogens with zero attached hydrogens (tertiary/aromatic N) is 1. The summed E-state index contributed by atoms with van der Waals surface area (Å²) in [4.78, 5) is 4.10. The minimum absolute atomic E-state index is 0.216. The van der Waals surface area contributed by atoms with Gasteiger partial charge in [0.2, 0.25) is 0 Å². The Kier molecular flexibility index (Phi) is 3.89. The molecule has 2 atom stereocenters. The van der Waals surface area contributed by atoms with Gasteiger partial charge in [-0.15, -0.1) is 0 Å². The van der Waals surface area contributed by atoms with Crippen molar-refractivity contribution in [2.24, 2.45) is 0 Å². The van der Waals surface area contributed by atoms with Gasteiger partial charge < -0.3 is 14.6 Å². The molecule has 1 aliphatic heterocycles. The van der Waals surface area contributed by atoms with Gasteiger partial charge in [0.25, 0.3) is 0 Å². The van der Waals surface area contributed by atoms with Gasteiger partial charge in [0.05, 0.1) is 18.4 Å². The number of aliphatic hydroxyl groups is 1. The minimum Gasteiger partial charge on any atom is -0.496 e. The zero-order valence-electron chi connectivity index (χ0n) is 12.2. The maximum absolute atomic E-state index is 13.1. The molecule has 0 amide bonds. The second-order valence-corrected chi connectivity index (χ2v) is 5.22. The molecular weight excluding hydrogens is 311 g/mol. The third-order valence-electron chi connectivity index (χ3n) is 3.71. The smallest absolute Gasteiger partial charge is 0.419 e. The molecule has 0 saturated carbocycles. The molecule has 23 heavy (non-hydrogen) atoms. The fourth-order valence-electron chi connectivity index (χ4n) is 2.62. The lowest BCUT2D eigenvalue weighted by atomic mass is 9.95. The summed E-state index contributed by atoms with van der Waals surface area (Å²) in [5.41, 5.74) is -0.0776. The van der Waals surface area contributed by atoms with E-state index in [1.807, 2.05) is 0 Å². The lowest BCUT2D eigenvalue weighted by Gasteiger charge is -2.30. The molecule has 3 rings (SSSR count). The molecule has 0 bridgehead atoms. The van der Waals surface area contributed by atoms with Crippen LogP contribution in [0.2, 0.25) is 0 Å². The van der Waals surface area contributed by atoms with Crippen molar-refractivity contribution in [3.8, 4) is 11.5 Å². The first-order valence-corrected chi connectivity index (χ1v) is 6.94. The molecule has 1 aliphatic rings. The van der Waals surface area contributed by atoms with Crippen LogP contribution in [-0.4, -0.2) is 23.3 Å². The molecule has 1 aromatic heterocycles. The largest absolute Gasteiger partial charge is 0.496 e. The van der Waals surface area contributed by atoms with Crippen molar-refractivity contribution in [1.29, 1.82) is 0 Å². The number of hydrogen-bond acceptors (Lipinski definition) is 4. The number of hydrogen-bond donors (Lipinski definition) is 1. The average molecular weight is 325 g/mol. The van der Waals surface area contributed by atoms with E-state index < -0.39 is 23.9 Å². The molecule has 7 heteroatoms. The summed E-state index contributed by atoms with van der Waals surface area (Å²) in [5.74, 6) is 0.195. The lowest BCUT2D eigenvalue weighted by Crippen LogP contribution is -2.31. The predicted molar refractivity (Wildman–Crippen MR) is 75.3 cm³/mol. The average Bonchev–Trinajstić information content (AvgIpc) is 2.53. The first kappa shape index (κ1) is 15.6. The monoisotopic (exact) mass is 325 g/mol. The van der Waals surface area contributed by atoms with Crippen LogP contribution in [0.3, 0.4) is 0 Å². The van der Waals surface area contributed by atoms with E-state index in [1.165, 1.54) is 19.2 Å². The summed E-state index contributed by atoms with van der Waals surface area (Å²) in [6.45, 7) is 0. The number of pyridine rings is 1. The molecule has 0 radical (unpaired) electrons. The fourth-order valence-corrected chi connectivity index (χ4v) is 2.62. The van der Waals surface area contributed by atoms with Crippen molar-refractivity contribution in [3.05, 3.63) is 53.3 Å². The van der Waals surface area contributed by atoms with Crippen LogP contribution in [0.5, 0.6) is 11.5 Å². The Morgan fingerprint density at radius 2 is 2.09 bits per heavy atom. The molecular formula is C16H14F3NO3. The van der Waals surface area contributed by atoms with E-state index in [0.717, 1.165) is 6.07 Å². The van der Waals surface area contributed by atoms with E-state index in [4.69, 9.17) is 9.47 Å². The standard InChI is InChI=1S/C16H14F3NO3/c1-22-13-5-4-9(7-10(13)16(17,18)19)15-12(21)8-11-14(23-15)3-2-6-20-11/h2-7,12,15,21H,8H2,1H3. The van der Waals surface area contributed by atoms with Gasteiger partial charge in [-0.25, -0.2) is 0 Å². The summed E-state index contributed by atoms with van der Waals surface area (Å²) < 4.78 is 49.8.